The van der Waals surface area contributed by atoms with Crippen LogP contribution in [0.15, 0.2) is 12.2 Å². The lowest BCUT2D eigenvalue weighted by Crippen LogP contribution is -2.75. The molecule has 0 radical (unpaired) electrons. The Balaban J connectivity index is 2.04. The first-order valence-electron chi connectivity index (χ1n) is 12.1. The summed E-state index contributed by atoms with van der Waals surface area (Å²) in [4.78, 5) is 64.8. The number of carbonyl (C=O) groups is 5. The number of aliphatic hydroxyl groups is 1. The molecule has 9 nitrogen and oxygen atoms in total. The van der Waals surface area contributed by atoms with Gasteiger partial charge in [0.1, 0.15) is 12.2 Å². The van der Waals surface area contributed by atoms with Crippen molar-refractivity contribution in [3.05, 3.63) is 12.2 Å². The van der Waals surface area contributed by atoms with Gasteiger partial charge in [-0.2, -0.15) is 0 Å². The van der Waals surface area contributed by atoms with E-state index in [0.717, 1.165) is 0 Å². The fourth-order valence-corrected chi connectivity index (χ4v) is 8.13. The average Bonchev–Trinajstić information content (AvgIpc) is 2.90. The maximum absolute atomic E-state index is 14.3. The average molecular weight is 491 g/mol. The number of rotatable bonds is 3. The molecule has 0 heterocycles. The van der Waals surface area contributed by atoms with E-state index in [1.807, 2.05) is 0 Å². The number of Topliss-reactive ketones (excluding diaryl/α,β-unsaturated/α-hetero) is 2. The molecule has 9 atom stereocenters. The smallest absolute Gasteiger partial charge is 0.303 e. The second-order valence-electron chi connectivity index (χ2n) is 11.5. The Morgan fingerprint density at radius 3 is 2.06 bits per heavy atom. The number of ketones is 2. The summed E-state index contributed by atoms with van der Waals surface area (Å²) >= 11 is 0. The van der Waals surface area contributed by atoms with Crippen LogP contribution in [0.25, 0.3) is 0 Å². The zero-order chi connectivity index (χ0) is 26.2. The maximum atomic E-state index is 14.3. The highest BCUT2D eigenvalue weighted by molar-refractivity contribution is 6.08. The molecule has 4 aliphatic carbocycles. The molecule has 0 amide bonds. The van der Waals surface area contributed by atoms with Crippen LogP contribution < -0.4 is 0 Å². The standard InChI is InChI=1S/C26H34O9/c1-11-15-8-16(33-12(2)27)20-25(7)18(34-13(3)28)9-17(30)24(5,6)21(25)19(31)23(35-14(4)29)26(20,10-15)22(11)32/h15-18,20-21,23,30H,1,8-10H2,2-7H3/t15-,16-,17-,18+,20-,21+,23-,25+,26+/m0/s1. The highest BCUT2D eigenvalue weighted by atomic mass is 16.6. The summed E-state index contributed by atoms with van der Waals surface area (Å²) in [6.07, 6.45) is -3.62. The molecule has 192 valence electrons. The van der Waals surface area contributed by atoms with Gasteiger partial charge >= 0.3 is 17.9 Å². The minimum absolute atomic E-state index is 0.0447. The van der Waals surface area contributed by atoms with E-state index in [1.165, 1.54) is 20.8 Å². The first kappa shape index (κ1) is 25.5. The van der Waals surface area contributed by atoms with Crippen LogP contribution in [-0.2, 0) is 38.2 Å². The second-order valence-corrected chi connectivity index (χ2v) is 11.5. The van der Waals surface area contributed by atoms with E-state index in [0.29, 0.717) is 12.0 Å². The fourth-order valence-electron chi connectivity index (χ4n) is 8.13. The van der Waals surface area contributed by atoms with Crippen LogP contribution in [-0.4, -0.2) is 59.0 Å². The van der Waals surface area contributed by atoms with Crippen LogP contribution in [0.1, 0.15) is 60.8 Å². The molecular weight excluding hydrogens is 456 g/mol. The van der Waals surface area contributed by atoms with Gasteiger partial charge in [-0.15, -0.1) is 0 Å². The van der Waals surface area contributed by atoms with E-state index in [4.69, 9.17) is 14.2 Å². The highest BCUT2D eigenvalue weighted by Crippen LogP contribution is 2.71. The number of aliphatic hydroxyl groups excluding tert-OH is 1. The predicted molar refractivity (Wildman–Crippen MR) is 120 cm³/mol. The van der Waals surface area contributed by atoms with E-state index in [1.54, 1.807) is 20.8 Å². The molecule has 0 saturated heterocycles. The summed E-state index contributed by atoms with van der Waals surface area (Å²) in [7, 11) is 0. The van der Waals surface area contributed by atoms with Gasteiger partial charge in [-0.25, -0.2) is 0 Å². The molecule has 0 aliphatic heterocycles. The molecule has 0 aromatic carbocycles. The molecule has 1 N–H and O–H groups in total. The van der Waals surface area contributed by atoms with Crippen molar-refractivity contribution in [2.45, 2.75) is 85.2 Å². The Kier molecular flexibility index (Phi) is 5.82. The lowest BCUT2D eigenvalue weighted by Gasteiger charge is -2.66. The molecule has 2 bridgehead atoms. The van der Waals surface area contributed by atoms with E-state index in [2.05, 4.69) is 6.58 Å². The molecular formula is C26H34O9. The number of esters is 3. The third-order valence-corrected chi connectivity index (χ3v) is 9.18. The largest absolute Gasteiger partial charge is 0.462 e. The second kappa shape index (κ2) is 7.98. The van der Waals surface area contributed by atoms with Crippen molar-refractivity contribution in [2.75, 3.05) is 0 Å². The highest BCUT2D eigenvalue weighted by Gasteiger charge is 2.79. The Morgan fingerprint density at radius 2 is 1.51 bits per heavy atom. The fraction of sp³-hybridized carbons (Fsp3) is 0.731. The number of hydrogen-bond acceptors (Lipinski definition) is 9. The molecule has 35 heavy (non-hydrogen) atoms. The van der Waals surface area contributed by atoms with Gasteiger partial charge in [0.25, 0.3) is 0 Å². The van der Waals surface area contributed by atoms with Gasteiger partial charge in [-0.3, -0.25) is 24.0 Å². The number of carbonyl (C=O) groups excluding carboxylic acids is 5. The summed E-state index contributed by atoms with van der Waals surface area (Å²) in [5.74, 6) is -4.86. The van der Waals surface area contributed by atoms with Crippen molar-refractivity contribution in [1.29, 1.82) is 0 Å². The van der Waals surface area contributed by atoms with Crippen LogP contribution in [0.3, 0.4) is 0 Å². The summed E-state index contributed by atoms with van der Waals surface area (Å²) in [5.41, 5.74) is -3.41. The van der Waals surface area contributed by atoms with Gasteiger partial charge in [0.2, 0.25) is 0 Å². The molecule has 0 unspecified atom stereocenters. The van der Waals surface area contributed by atoms with Gasteiger partial charge in [0.15, 0.2) is 17.7 Å². The molecule has 4 saturated carbocycles. The van der Waals surface area contributed by atoms with Crippen molar-refractivity contribution in [3.8, 4) is 0 Å². The third kappa shape index (κ3) is 3.33. The SMILES string of the molecule is C=C1C(=O)[C@@]23C[C@@H]1C[C@H](OC(C)=O)[C@H]2[C@]1(C)[C@H](C(=O)[C@@H]3OC(C)=O)C(C)(C)[C@@H](O)C[C@H]1OC(C)=O. The molecule has 1 spiro atoms. The summed E-state index contributed by atoms with van der Waals surface area (Å²) in [5, 5.41) is 11.1. The van der Waals surface area contributed by atoms with Crippen LogP contribution in [0.5, 0.6) is 0 Å². The molecule has 4 rings (SSSR count). The quantitative estimate of drug-likeness (QED) is 0.358. The van der Waals surface area contributed by atoms with Crippen molar-refractivity contribution < 1.29 is 43.3 Å². The summed E-state index contributed by atoms with van der Waals surface area (Å²) in [6.45, 7) is 12.9. The molecule has 0 aromatic rings. The maximum Gasteiger partial charge on any atom is 0.303 e. The van der Waals surface area contributed by atoms with Crippen molar-refractivity contribution in [2.24, 2.45) is 34.0 Å². The number of ether oxygens (including phenoxy) is 3. The van der Waals surface area contributed by atoms with Crippen LogP contribution in [0.4, 0.5) is 0 Å². The predicted octanol–water partition coefficient (Wildman–Crippen LogP) is 1.93. The van der Waals surface area contributed by atoms with E-state index >= 15 is 0 Å². The summed E-state index contributed by atoms with van der Waals surface area (Å²) < 4.78 is 17.1. The lowest BCUT2D eigenvalue weighted by atomic mass is 9.38. The number of hydrogen-bond donors (Lipinski definition) is 1. The zero-order valence-corrected chi connectivity index (χ0v) is 21.1. The van der Waals surface area contributed by atoms with E-state index in [9.17, 15) is 29.1 Å². The van der Waals surface area contributed by atoms with Gasteiger partial charge in [-0.1, -0.05) is 27.4 Å². The third-order valence-electron chi connectivity index (χ3n) is 9.18. The van der Waals surface area contributed by atoms with Crippen LogP contribution in [0.2, 0.25) is 0 Å². The van der Waals surface area contributed by atoms with Crippen molar-refractivity contribution in [3.63, 3.8) is 0 Å². The summed E-state index contributed by atoms with van der Waals surface area (Å²) in [6, 6.07) is 0. The number of allylic oxidation sites excluding steroid dienone is 1. The van der Waals surface area contributed by atoms with Gasteiger partial charge < -0.3 is 19.3 Å². The van der Waals surface area contributed by atoms with Crippen molar-refractivity contribution in [1.82, 2.24) is 0 Å². The monoisotopic (exact) mass is 490 g/mol. The lowest BCUT2D eigenvalue weighted by molar-refractivity contribution is -0.263. The van der Waals surface area contributed by atoms with E-state index in [-0.39, 0.29) is 24.5 Å². The van der Waals surface area contributed by atoms with Crippen molar-refractivity contribution >= 4 is 29.5 Å². The zero-order valence-electron chi connectivity index (χ0n) is 21.1. The van der Waals surface area contributed by atoms with E-state index < -0.39 is 76.2 Å². The number of fused-ring (bicyclic) bond motifs is 3. The molecule has 4 aliphatic rings. The molecule has 4 fully saturated rings. The minimum atomic E-state index is -1.51. The topological polar surface area (TPSA) is 133 Å². The molecule has 0 aromatic heterocycles. The van der Waals surface area contributed by atoms with Gasteiger partial charge in [-0.05, 0) is 24.3 Å². The Morgan fingerprint density at radius 1 is 0.943 bits per heavy atom. The normalized spacial score (nSPS) is 43.6. The van der Waals surface area contributed by atoms with Crippen LogP contribution in [0, 0.1) is 34.0 Å². The Labute approximate surface area is 204 Å². The minimum Gasteiger partial charge on any atom is -0.462 e. The van der Waals surface area contributed by atoms with Gasteiger partial charge in [0, 0.05) is 49.9 Å². The van der Waals surface area contributed by atoms with Crippen LogP contribution >= 0.6 is 0 Å². The Hall–Kier alpha value is -2.55. The Bertz CT molecular complexity index is 1030. The molecule has 9 heteroatoms. The first-order valence-corrected chi connectivity index (χ1v) is 12.1. The van der Waals surface area contributed by atoms with Gasteiger partial charge in [0.05, 0.1) is 11.5 Å². The first-order chi connectivity index (χ1) is 16.1.